The Morgan fingerprint density at radius 2 is 1.73 bits per heavy atom. The number of urea groups is 1. The number of nitrogens with one attached hydrogen (secondary N) is 2. The summed E-state index contributed by atoms with van der Waals surface area (Å²) in [6, 6.07) is 11.6. The Bertz CT molecular complexity index is 2870. The monoisotopic (exact) mass is 883 g/mol. The van der Waals surface area contributed by atoms with Crippen molar-refractivity contribution in [3.8, 4) is 17.6 Å². The van der Waals surface area contributed by atoms with E-state index in [1.165, 1.54) is 30.1 Å². The van der Waals surface area contributed by atoms with Crippen LogP contribution in [0.3, 0.4) is 0 Å². The van der Waals surface area contributed by atoms with Crippen molar-refractivity contribution in [1.29, 1.82) is 5.26 Å². The topological polar surface area (TPSA) is 191 Å². The van der Waals surface area contributed by atoms with E-state index in [-0.39, 0.29) is 70.6 Å². The number of ether oxygens (including phenoxy) is 1. The molecule has 0 radical (unpaired) electrons. The second-order valence-corrected chi connectivity index (χ2v) is 18.8. The highest BCUT2D eigenvalue weighted by molar-refractivity contribution is 7.90. The molecule has 3 aromatic carbocycles. The molecule has 2 N–H and O–H groups in total. The van der Waals surface area contributed by atoms with Gasteiger partial charge in [-0.2, -0.15) is 23.1 Å². The van der Waals surface area contributed by atoms with Gasteiger partial charge in [-0.3, -0.25) is 33.8 Å². The Hall–Kier alpha value is -6.17. The summed E-state index contributed by atoms with van der Waals surface area (Å²) in [5, 5.41) is 17.5. The molecule has 3 aliphatic heterocycles. The minimum atomic E-state index is -4.01. The number of halogens is 2. The van der Waals surface area contributed by atoms with Crippen LogP contribution in [-0.4, -0.2) is 101 Å². The molecule has 5 heterocycles. The van der Waals surface area contributed by atoms with Gasteiger partial charge >= 0.3 is 16.2 Å². The first-order valence-corrected chi connectivity index (χ1v) is 22.5. The maximum Gasteiger partial charge on any atom is 0.329 e. The molecule has 4 aliphatic rings. The first kappa shape index (κ1) is 42.1. The van der Waals surface area contributed by atoms with Gasteiger partial charge in [-0.1, -0.05) is 6.92 Å². The summed E-state index contributed by atoms with van der Waals surface area (Å²) in [4.78, 5) is 48.7. The van der Waals surface area contributed by atoms with Gasteiger partial charge in [0.1, 0.15) is 23.2 Å². The molecule has 20 heteroatoms. The van der Waals surface area contributed by atoms with Crippen molar-refractivity contribution in [3.63, 3.8) is 0 Å². The number of nitrogens with zero attached hydrogens (tertiary/aromatic N) is 9. The van der Waals surface area contributed by atoms with Crippen molar-refractivity contribution in [2.24, 2.45) is 12.5 Å². The summed E-state index contributed by atoms with van der Waals surface area (Å²) in [6.07, 6.45) is 7.26. The fourth-order valence-corrected chi connectivity index (χ4v) is 10.6. The highest BCUT2D eigenvalue weighted by atomic mass is 32.2. The Labute approximate surface area is 362 Å². The number of fused-ring (bicyclic) bond motifs is 2. The number of piperidine rings is 2. The lowest BCUT2D eigenvalue weighted by Gasteiger charge is -2.56. The molecule has 5 aromatic rings. The summed E-state index contributed by atoms with van der Waals surface area (Å²) < 4.78 is 68.7. The van der Waals surface area contributed by atoms with Gasteiger partial charge in [0.05, 0.1) is 34.1 Å². The van der Waals surface area contributed by atoms with Crippen LogP contribution in [0.1, 0.15) is 63.5 Å². The number of aromatic nitrogens is 4. The lowest BCUT2D eigenvalue weighted by atomic mass is 9.59. The first-order valence-electron chi connectivity index (χ1n) is 21.1. The molecule has 4 fully saturated rings. The average Bonchev–Trinajstić information content (AvgIpc) is 3.57. The first-order chi connectivity index (χ1) is 30.2. The molecular weight excluding hydrogens is 837 g/mol. The molecule has 2 aromatic heterocycles. The highest BCUT2D eigenvalue weighted by Crippen LogP contribution is 2.52. The summed E-state index contributed by atoms with van der Waals surface area (Å²) in [5.74, 6) is -1.67. The van der Waals surface area contributed by atoms with Gasteiger partial charge in [-0.15, -0.1) is 0 Å². The molecule has 1 aliphatic carbocycles. The lowest BCUT2D eigenvalue weighted by Crippen LogP contribution is -2.56. The Morgan fingerprint density at radius 3 is 2.43 bits per heavy atom. The van der Waals surface area contributed by atoms with Gasteiger partial charge in [0.25, 0.3) is 5.56 Å². The zero-order valence-corrected chi connectivity index (χ0v) is 35.9. The Morgan fingerprint density at radius 1 is 0.984 bits per heavy atom. The smallest absolute Gasteiger partial charge is 0.329 e. The number of imide groups is 1. The van der Waals surface area contributed by atoms with E-state index in [9.17, 15) is 28.1 Å². The highest BCUT2D eigenvalue weighted by Gasteiger charge is 2.48. The van der Waals surface area contributed by atoms with Gasteiger partial charge in [0, 0.05) is 77.3 Å². The number of hydrogen-bond acceptors (Lipinski definition) is 11. The van der Waals surface area contributed by atoms with E-state index in [0.717, 1.165) is 81.1 Å². The molecule has 17 nitrogen and oxygen atoms in total. The number of anilines is 3. The van der Waals surface area contributed by atoms with Crippen LogP contribution in [-0.2, 0) is 22.1 Å². The van der Waals surface area contributed by atoms with Crippen LogP contribution in [0.2, 0.25) is 0 Å². The van der Waals surface area contributed by atoms with Crippen LogP contribution in [0.25, 0.3) is 21.8 Å². The minimum absolute atomic E-state index is 0.0787. The fraction of sp³-hybridized carbons (Fsp3) is 0.442. The van der Waals surface area contributed by atoms with Gasteiger partial charge in [-0.25, -0.2) is 18.6 Å². The summed E-state index contributed by atoms with van der Waals surface area (Å²) in [6.45, 7) is 5.09. The number of hydrogen-bond donors (Lipinski definition) is 2. The number of benzene rings is 3. The second kappa shape index (κ2) is 16.2. The second-order valence-electron chi connectivity index (χ2n) is 17.0. The number of amides is 3. The molecular formula is C43H47F2N11O6S. The largest absolute Gasteiger partial charge is 0.453 e. The van der Waals surface area contributed by atoms with Crippen molar-refractivity contribution >= 4 is 61.1 Å². The van der Waals surface area contributed by atoms with Gasteiger partial charge in [-0.05, 0) is 86.4 Å². The van der Waals surface area contributed by atoms with Crippen LogP contribution in [0.5, 0.6) is 11.5 Å². The van der Waals surface area contributed by atoms with Crippen molar-refractivity contribution < 1.29 is 31.5 Å². The normalized spacial score (nSPS) is 18.9. The van der Waals surface area contributed by atoms with Gasteiger partial charge in [0.15, 0.2) is 17.4 Å². The SMILES string of the molecule is CCN(C)S(=O)(=O)Nc1ccc(F)c(Oc2ccc3ncn(C4CCN(C5CC6(CCN(c7cc8c(cc7F)c(N7CCC(=O)NC7=O)nn8C)CC6)C5)CC4)c(=O)c3c2)c1C#N. The zero-order chi connectivity index (χ0) is 44.4. The Balaban J connectivity index is 0.818. The van der Waals surface area contributed by atoms with Crippen molar-refractivity contribution in [3.05, 3.63) is 76.3 Å². The van der Waals surface area contributed by atoms with Crippen LogP contribution >= 0.6 is 0 Å². The molecule has 1 spiro atoms. The maximum atomic E-state index is 15.8. The number of likely N-dealkylation sites (tertiary alicyclic amines) is 1. The average molecular weight is 884 g/mol. The molecule has 330 valence electrons. The van der Waals surface area contributed by atoms with E-state index >= 15 is 8.78 Å². The fourth-order valence-electron chi connectivity index (χ4n) is 9.61. The van der Waals surface area contributed by atoms with Gasteiger partial charge < -0.3 is 14.5 Å². The van der Waals surface area contributed by atoms with Gasteiger partial charge in [0.2, 0.25) is 5.91 Å². The Kier molecular flexibility index (Phi) is 10.8. The van der Waals surface area contributed by atoms with E-state index in [2.05, 4.69) is 29.9 Å². The van der Waals surface area contributed by atoms with Crippen LogP contribution in [0, 0.1) is 28.4 Å². The number of rotatable bonds is 10. The van der Waals surface area contributed by atoms with Crippen LogP contribution in [0.4, 0.5) is 30.8 Å². The lowest BCUT2D eigenvalue weighted by molar-refractivity contribution is -0.120. The van der Waals surface area contributed by atoms with E-state index < -0.39 is 27.8 Å². The molecule has 1 saturated carbocycles. The quantitative estimate of drug-likeness (QED) is 0.184. The van der Waals surface area contributed by atoms with E-state index in [1.54, 1.807) is 41.7 Å². The third-order valence-corrected chi connectivity index (χ3v) is 15.0. The molecule has 9 rings (SSSR count). The third kappa shape index (κ3) is 7.71. The summed E-state index contributed by atoms with van der Waals surface area (Å²) in [5.41, 5.74) is 1.08. The predicted molar refractivity (Wildman–Crippen MR) is 231 cm³/mol. The molecule has 0 bridgehead atoms. The van der Waals surface area contributed by atoms with Crippen LogP contribution in [0.15, 0.2) is 53.6 Å². The molecule has 63 heavy (non-hydrogen) atoms. The zero-order valence-electron chi connectivity index (χ0n) is 35.1. The number of carbonyl (C=O) groups is 2. The minimum Gasteiger partial charge on any atom is -0.453 e. The van der Waals surface area contributed by atoms with E-state index in [1.807, 2.05) is 6.07 Å². The van der Waals surface area contributed by atoms with E-state index in [4.69, 9.17) is 4.74 Å². The standard InChI is InChI=1S/C43H47F2N11O6S/c1-4-51(2)63(60,61)50-35-8-6-32(44)39(31(35)24-46)62-28-5-7-34-29(19-28)41(58)56(25-47-34)26-9-14-53(15-10-26)27-22-43(23-27)12-17-54(18-13-43)37-21-36-30(20-33(37)45)40(49-52(36)3)55-16-11-38(57)48-42(55)59/h5-8,19-21,25-27,50H,4,9-18,22-23H2,1-3H3,(H,48,57,59). The predicted octanol–water partition coefficient (Wildman–Crippen LogP) is 5.37. The van der Waals surface area contributed by atoms with E-state index in [0.29, 0.717) is 34.0 Å². The molecule has 3 amide bonds. The number of aryl methyl sites for hydroxylation is 1. The third-order valence-electron chi connectivity index (χ3n) is 13.4. The van der Waals surface area contributed by atoms with Crippen LogP contribution < -0.4 is 30.1 Å². The number of carbonyl (C=O) groups excluding carboxylic acids is 2. The van der Waals surface area contributed by atoms with Crippen molar-refractivity contribution in [2.75, 3.05) is 60.8 Å². The summed E-state index contributed by atoms with van der Waals surface area (Å²) in [7, 11) is -0.885. The molecule has 0 atom stereocenters. The molecule has 3 saturated heterocycles. The van der Waals surface area contributed by atoms with Crippen molar-refractivity contribution in [2.45, 2.75) is 64.0 Å². The molecule has 0 unspecified atom stereocenters. The number of nitriles is 1. The van der Waals surface area contributed by atoms with Crippen molar-refractivity contribution in [1.82, 2.24) is 33.9 Å². The summed E-state index contributed by atoms with van der Waals surface area (Å²) >= 11 is 0. The maximum absolute atomic E-state index is 15.8.